The predicted molar refractivity (Wildman–Crippen MR) is 239 cm³/mol. The van der Waals surface area contributed by atoms with Gasteiger partial charge in [-0.2, -0.15) is 0 Å². The first-order valence-corrected chi connectivity index (χ1v) is 19.2. The molecule has 57 heavy (non-hydrogen) atoms. The Hall–Kier alpha value is -7.63. The number of nitrogens with one attached hydrogen (secondary N) is 1. The molecule has 0 aliphatic carbocycles. The number of rotatable bonds is 2. The van der Waals surface area contributed by atoms with E-state index in [1.54, 1.807) is 6.07 Å². The molecular weight excluding hydrogens is 697 g/mol. The van der Waals surface area contributed by atoms with Gasteiger partial charge in [-0.3, -0.25) is 5.41 Å². The van der Waals surface area contributed by atoms with Gasteiger partial charge in [0.2, 0.25) is 0 Å². The van der Waals surface area contributed by atoms with Gasteiger partial charge in [0.15, 0.2) is 0 Å². The van der Waals surface area contributed by atoms with Gasteiger partial charge in [0.1, 0.15) is 11.2 Å². The largest absolute Gasteiger partial charge is 0.456 e. The molecule has 0 saturated heterocycles. The standard InChI is InChI=1S/C39H26N2.C13H10N2O/c1-25-15-17-27(18-16-25)40-36-14-8-6-12-34(36)38-31-20-22-32-29(28(31)23-24-37(38)40)19-21-33-30-11-5-7-13-35(30)41(39(32)33)26-9-3-2-4-10-26;14-9-5-3-7-11-12(9)13(15)8-4-1-2-6-10(8)16-11/h2-24H,1H3;1-7,15H,14H2. The summed E-state index contributed by atoms with van der Waals surface area (Å²) in [6.07, 6.45) is 0. The molecule has 9 aromatic carbocycles. The maximum absolute atomic E-state index is 8.13. The highest BCUT2D eigenvalue weighted by atomic mass is 16.3. The summed E-state index contributed by atoms with van der Waals surface area (Å²) in [4.78, 5) is 0. The van der Waals surface area contributed by atoms with E-state index in [9.17, 15) is 0 Å². The number of hydrogen-bond acceptors (Lipinski definition) is 3. The van der Waals surface area contributed by atoms with Crippen LogP contribution in [0.5, 0.6) is 0 Å². The maximum Gasteiger partial charge on any atom is 0.138 e. The number of para-hydroxylation sites is 4. The second-order valence-corrected chi connectivity index (χ2v) is 14.7. The van der Waals surface area contributed by atoms with Gasteiger partial charge in [-0.05, 0) is 89.8 Å². The number of anilines is 1. The Morgan fingerprint density at radius 1 is 0.404 bits per heavy atom. The lowest BCUT2D eigenvalue weighted by Gasteiger charge is -2.12. The van der Waals surface area contributed by atoms with Crippen LogP contribution in [0.2, 0.25) is 0 Å². The predicted octanol–water partition coefficient (Wildman–Crippen LogP) is 13.1. The summed E-state index contributed by atoms with van der Waals surface area (Å²) in [6, 6.07) is 64.1. The lowest BCUT2D eigenvalue weighted by Crippen LogP contribution is -2.05. The van der Waals surface area contributed by atoms with Crippen LogP contribution in [-0.4, -0.2) is 9.13 Å². The van der Waals surface area contributed by atoms with Crippen molar-refractivity contribution in [3.05, 3.63) is 193 Å². The van der Waals surface area contributed by atoms with Crippen molar-refractivity contribution in [2.45, 2.75) is 6.92 Å². The minimum absolute atomic E-state index is 0.426. The Bertz CT molecular complexity index is 3610. The summed E-state index contributed by atoms with van der Waals surface area (Å²) in [5.74, 6) is 0. The van der Waals surface area contributed by atoms with E-state index in [0.717, 1.165) is 5.39 Å². The topological polar surface area (TPSA) is 72.9 Å². The van der Waals surface area contributed by atoms with E-state index in [-0.39, 0.29) is 0 Å². The van der Waals surface area contributed by atoms with E-state index < -0.39 is 0 Å². The quantitative estimate of drug-likeness (QED) is 0.105. The number of aromatic nitrogens is 2. The molecule has 5 nitrogen and oxygen atoms in total. The molecule has 0 amide bonds. The number of nitrogen functional groups attached to an aromatic ring is 1. The van der Waals surface area contributed by atoms with E-state index in [1.807, 2.05) is 36.4 Å². The number of benzene rings is 9. The molecule has 3 heterocycles. The maximum atomic E-state index is 8.13. The van der Waals surface area contributed by atoms with E-state index in [0.29, 0.717) is 27.6 Å². The average molecular weight is 733 g/mol. The highest BCUT2D eigenvalue weighted by molar-refractivity contribution is 6.29. The van der Waals surface area contributed by atoms with E-state index in [2.05, 4.69) is 156 Å². The zero-order valence-corrected chi connectivity index (χ0v) is 31.2. The van der Waals surface area contributed by atoms with Gasteiger partial charge in [-0.1, -0.05) is 121 Å². The molecule has 0 saturated carbocycles. The molecule has 0 aliphatic rings. The molecule has 5 heteroatoms. The lowest BCUT2D eigenvalue weighted by atomic mass is 9.96. The molecule has 270 valence electrons. The molecule has 0 fully saturated rings. The molecule has 0 aliphatic heterocycles. The second kappa shape index (κ2) is 12.7. The van der Waals surface area contributed by atoms with Crippen molar-refractivity contribution in [2.75, 3.05) is 5.73 Å². The first kappa shape index (κ1) is 32.8. The lowest BCUT2D eigenvalue weighted by molar-refractivity contribution is 0.659. The molecule has 12 rings (SSSR count). The van der Waals surface area contributed by atoms with Crippen molar-refractivity contribution in [1.82, 2.24) is 9.13 Å². The Morgan fingerprint density at radius 3 is 1.75 bits per heavy atom. The summed E-state index contributed by atoms with van der Waals surface area (Å²) in [6.45, 7) is 2.14. The Balaban J connectivity index is 0.000000196. The monoisotopic (exact) mass is 732 g/mol. The van der Waals surface area contributed by atoms with E-state index in [1.165, 1.54) is 82.1 Å². The van der Waals surface area contributed by atoms with E-state index in [4.69, 9.17) is 15.6 Å². The van der Waals surface area contributed by atoms with Gasteiger partial charge >= 0.3 is 0 Å². The van der Waals surface area contributed by atoms with Gasteiger partial charge < -0.3 is 19.3 Å². The second-order valence-electron chi connectivity index (χ2n) is 14.7. The van der Waals surface area contributed by atoms with Crippen LogP contribution in [0.1, 0.15) is 5.56 Å². The van der Waals surface area contributed by atoms with Crippen LogP contribution in [0, 0.1) is 12.3 Å². The molecule has 12 aromatic rings. The summed E-state index contributed by atoms with van der Waals surface area (Å²) in [7, 11) is 0. The molecule has 0 spiro atoms. The highest BCUT2D eigenvalue weighted by Crippen LogP contribution is 2.42. The fraction of sp³-hybridized carbons (Fsp3) is 0.0192. The molecule has 0 bridgehead atoms. The SMILES string of the molecule is Cc1ccc(-n2c3ccccc3c3c4ccc5c(ccc6c7ccccc7n(-c7ccccc7)c56)c4ccc32)cc1.N=c1c2ccccc2oc2cccc(N)c12. The van der Waals surface area contributed by atoms with Gasteiger partial charge in [0.05, 0.1) is 32.8 Å². The number of aryl methyl sites for hydroxylation is 1. The summed E-state index contributed by atoms with van der Waals surface area (Å²) in [5, 5.41) is 20.3. The molecule has 3 N–H and O–H groups in total. The van der Waals surface area contributed by atoms with Crippen molar-refractivity contribution in [3.8, 4) is 11.4 Å². The third-order valence-electron chi connectivity index (χ3n) is 11.5. The Kier molecular flexibility index (Phi) is 7.31. The van der Waals surface area contributed by atoms with Crippen LogP contribution in [0.25, 0.3) is 98.5 Å². The van der Waals surface area contributed by atoms with Crippen LogP contribution in [-0.2, 0) is 0 Å². The third kappa shape index (κ3) is 4.99. The van der Waals surface area contributed by atoms with Crippen LogP contribution < -0.4 is 11.1 Å². The smallest absolute Gasteiger partial charge is 0.138 e. The Morgan fingerprint density at radius 2 is 0.965 bits per heavy atom. The van der Waals surface area contributed by atoms with Gasteiger partial charge in [0.25, 0.3) is 0 Å². The molecule has 0 radical (unpaired) electrons. The number of nitrogens with two attached hydrogens (primary N) is 1. The average Bonchev–Trinajstić information content (AvgIpc) is 3.78. The zero-order valence-electron chi connectivity index (χ0n) is 31.2. The van der Waals surface area contributed by atoms with Crippen LogP contribution >= 0.6 is 0 Å². The van der Waals surface area contributed by atoms with E-state index >= 15 is 0 Å². The van der Waals surface area contributed by atoms with Crippen LogP contribution in [0.15, 0.2) is 186 Å². The van der Waals surface area contributed by atoms with Gasteiger partial charge in [-0.15, -0.1) is 0 Å². The molecular formula is C52H36N4O. The normalized spacial score (nSPS) is 11.7. The van der Waals surface area contributed by atoms with Gasteiger partial charge in [-0.25, -0.2) is 0 Å². The number of nitrogens with zero attached hydrogens (tertiary/aromatic N) is 2. The third-order valence-corrected chi connectivity index (χ3v) is 11.5. The first-order valence-electron chi connectivity index (χ1n) is 19.2. The number of fused-ring (bicyclic) bond motifs is 13. The number of hydrogen-bond donors (Lipinski definition) is 2. The molecule has 0 atom stereocenters. The summed E-state index contributed by atoms with van der Waals surface area (Å²) >= 11 is 0. The highest BCUT2D eigenvalue weighted by Gasteiger charge is 2.19. The fourth-order valence-electron chi connectivity index (χ4n) is 8.88. The van der Waals surface area contributed by atoms with Crippen molar-refractivity contribution in [2.24, 2.45) is 0 Å². The van der Waals surface area contributed by atoms with Crippen molar-refractivity contribution in [1.29, 1.82) is 5.41 Å². The van der Waals surface area contributed by atoms with Crippen LogP contribution in [0.3, 0.4) is 0 Å². The zero-order chi connectivity index (χ0) is 38.2. The van der Waals surface area contributed by atoms with Crippen molar-refractivity contribution < 1.29 is 4.42 Å². The minimum atomic E-state index is 0.426. The van der Waals surface area contributed by atoms with Crippen molar-refractivity contribution >= 4 is 92.8 Å². The van der Waals surface area contributed by atoms with Crippen LogP contribution in [0.4, 0.5) is 5.69 Å². The Labute approximate surface area is 327 Å². The fourth-order valence-corrected chi connectivity index (χ4v) is 8.88. The molecule has 0 unspecified atom stereocenters. The van der Waals surface area contributed by atoms with Gasteiger partial charge in [0, 0.05) is 49.4 Å². The molecule has 3 aromatic heterocycles. The summed E-state index contributed by atoms with van der Waals surface area (Å²) < 4.78 is 10.5. The summed E-state index contributed by atoms with van der Waals surface area (Å²) in [5.41, 5.74) is 16.4. The van der Waals surface area contributed by atoms with Crippen molar-refractivity contribution in [3.63, 3.8) is 0 Å². The minimum Gasteiger partial charge on any atom is -0.456 e. The first-order chi connectivity index (χ1) is 28.0.